The van der Waals surface area contributed by atoms with E-state index in [1.807, 2.05) is 6.92 Å². The predicted molar refractivity (Wildman–Crippen MR) is 55.5 cm³/mol. The third-order valence-electron chi connectivity index (χ3n) is 2.20. The van der Waals surface area contributed by atoms with Crippen molar-refractivity contribution in [1.29, 1.82) is 0 Å². The van der Waals surface area contributed by atoms with E-state index in [2.05, 4.69) is 13.8 Å². The van der Waals surface area contributed by atoms with Crippen molar-refractivity contribution in [1.82, 2.24) is 0 Å². The van der Waals surface area contributed by atoms with Gasteiger partial charge in [0.1, 0.15) is 0 Å². The first-order chi connectivity index (χ1) is 6.35. The van der Waals surface area contributed by atoms with Gasteiger partial charge in [-0.3, -0.25) is 0 Å². The van der Waals surface area contributed by atoms with Gasteiger partial charge in [0.05, 0.1) is 13.2 Å². The molecule has 0 fully saturated rings. The van der Waals surface area contributed by atoms with Crippen molar-refractivity contribution in [2.24, 2.45) is 5.92 Å². The quantitative estimate of drug-likeness (QED) is 0.313. The van der Waals surface area contributed by atoms with Gasteiger partial charge in [-0.2, -0.15) is 0 Å². The Balaban J connectivity index is 3.33. The Hall–Kier alpha value is -0.0800. The minimum Gasteiger partial charge on any atom is -0.237 e. The molecule has 80 valence electrons. The van der Waals surface area contributed by atoms with Crippen molar-refractivity contribution < 1.29 is 9.78 Å². The minimum atomic E-state index is 0.645. The molecule has 0 aliphatic rings. The summed E-state index contributed by atoms with van der Waals surface area (Å²) < 4.78 is 0. The molecule has 0 N–H and O–H groups in total. The van der Waals surface area contributed by atoms with Crippen LogP contribution in [0.3, 0.4) is 0 Å². The molecule has 0 aromatic carbocycles. The van der Waals surface area contributed by atoms with E-state index in [1.165, 1.54) is 25.7 Å². The van der Waals surface area contributed by atoms with Gasteiger partial charge >= 0.3 is 0 Å². The summed E-state index contributed by atoms with van der Waals surface area (Å²) in [6.45, 7) is 7.82. The molecule has 0 spiro atoms. The lowest BCUT2D eigenvalue weighted by Gasteiger charge is -2.14. The number of hydrogen-bond donors (Lipinski definition) is 0. The smallest absolute Gasteiger partial charge is 0.0825 e. The molecule has 0 unspecified atom stereocenters. The summed E-state index contributed by atoms with van der Waals surface area (Å²) in [6.07, 6.45) is 6.34. The van der Waals surface area contributed by atoms with Crippen LogP contribution in [-0.2, 0) is 9.78 Å². The normalized spacial score (nSPS) is 11.1. The third kappa shape index (κ3) is 8.26. The molecule has 2 nitrogen and oxygen atoms in total. The van der Waals surface area contributed by atoms with E-state index in [0.29, 0.717) is 6.61 Å². The van der Waals surface area contributed by atoms with E-state index in [0.717, 1.165) is 18.9 Å². The van der Waals surface area contributed by atoms with E-state index in [4.69, 9.17) is 9.78 Å². The van der Waals surface area contributed by atoms with E-state index in [1.54, 1.807) is 0 Å². The van der Waals surface area contributed by atoms with Crippen LogP contribution in [-0.4, -0.2) is 13.2 Å². The average molecular weight is 188 g/mol. The molecule has 0 aliphatic heterocycles. The largest absolute Gasteiger partial charge is 0.237 e. The lowest BCUT2D eigenvalue weighted by molar-refractivity contribution is -0.292. The predicted octanol–water partition coefficient (Wildman–Crippen LogP) is 3.56. The highest BCUT2D eigenvalue weighted by molar-refractivity contribution is 4.57. The molecule has 0 rings (SSSR count). The van der Waals surface area contributed by atoms with Crippen molar-refractivity contribution >= 4 is 0 Å². The molecule has 0 aromatic heterocycles. The van der Waals surface area contributed by atoms with Crippen LogP contribution in [0.1, 0.15) is 52.9 Å². The van der Waals surface area contributed by atoms with Crippen LogP contribution in [0.15, 0.2) is 0 Å². The fourth-order valence-corrected chi connectivity index (χ4v) is 1.61. The van der Waals surface area contributed by atoms with Crippen LogP contribution in [0, 0.1) is 5.92 Å². The SMILES string of the molecule is CCCC(CCC)CCOOCC. The maximum Gasteiger partial charge on any atom is 0.0825 e. The van der Waals surface area contributed by atoms with Gasteiger partial charge in [0, 0.05) is 0 Å². The summed E-state index contributed by atoms with van der Waals surface area (Å²) in [5, 5.41) is 0. The van der Waals surface area contributed by atoms with Gasteiger partial charge in [0.2, 0.25) is 0 Å². The third-order valence-corrected chi connectivity index (χ3v) is 2.20. The van der Waals surface area contributed by atoms with Crippen molar-refractivity contribution in [2.75, 3.05) is 13.2 Å². The maximum absolute atomic E-state index is 5.01. The van der Waals surface area contributed by atoms with Gasteiger partial charge in [-0.1, -0.05) is 39.5 Å². The summed E-state index contributed by atoms with van der Waals surface area (Å²) >= 11 is 0. The van der Waals surface area contributed by atoms with Gasteiger partial charge in [-0.15, -0.1) is 0 Å². The summed E-state index contributed by atoms with van der Waals surface area (Å²) in [5.74, 6) is 0.829. The van der Waals surface area contributed by atoms with Crippen molar-refractivity contribution in [2.45, 2.75) is 52.9 Å². The first-order valence-corrected chi connectivity index (χ1v) is 5.59. The van der Waals surface area contributed by atoms with Gasteiger partial charge in [-0.05, 0) is 19.3 Å². The average Bonchev–Trinajstić information content (AvgIpc) is 2.13. The van der Waals surface area contributed by atoms with Gasteiger partial charge in [0.15, 0.2) is 0 Å². The van der Waals surface area contributed by atoms with E-state index < -0.39 is 0 Å². The second-order valence-electron chi connectivity index (χ2n) is 3.46. The second kappa shape index (κ2) is 10.0. The van der Waals surface area contributed by atoms with Gasteiger partial charge in [0.25, 0.3) is 0 Å². The highest BCUT2D eigenvalue weighted by Gasteiger charge is 2.06. The Morgan fingerprint density at radius 1 is 0.846 bits per heavy atom. The fourth-order valence-electron chi connectivity index (χ4n) is 1.61. The zero-order chi connectivity index (χ0) is 9.94. The first-order valence-electron chi connectivity index (χ1n) is 5.59. The summed E-state index contributed by atoms with van der Waals surface area (Å²) in [6, 6.07) is 0. The Morgan fingerprint density at radius 2 is 1.46 bits per heavy atom. The molecule has 0 atom stereocenters. The molecule has 0 bridgehead atoms. The zero-order valence-electron chi connectivity index (χ0n) is 9.34. The van der Waals surface area contributed by atoms with Crippen molar-refractivity contribution in [3.8, 4) is 0 Å². The summed E-state index contributed by atoms with van der Waals surface area (Å²) in [5.41, 5.74) is 0. The Bertz CT molecular complexity index is 88.1. The Morgan fingerprint density at radius 3 is 1.92 bits per heavy atom. The van der Waals surface area contributed by atoms with Crippen molar-refractivity contribution in [3.05, 3.63) is 0 Å². The molecule has 0 aliphatic carbocycles. The van der Waals surface area contributed by atoms with Gasteiger partial charge in [-0.25, -0.2) is 9.78 Å². The van der Waals surface area contributed by atoms with E-state index in [-0.39, 0.29) is 0 Å². The first kappa shape index (κ1) is 12.9. The van der Waals surface area contributed by atoms with Crippen LogP contribution >= 0.6 is 0 Å². The van der Waals surface area contributed by atoms with Crippen LogP contribution in [0.5, 0.6) is 0 Å². The lowest BCUT2D eigenvalue weighted by Crippen LogP contribution is -2.05. The molecule has 0 radical (unpaired) electrons. The van der Waals surface area contributed by atoms with E-state index in [9.17, 15) is 0 Å². The lowest BCUT2D eigenvalue weighted by atomic mass is 9.95. The molecular formula is C11H24O2. The second-order valence-corrected chi connectivity index (χ2v) is 3.46. The van der Waals surface area contributed by atoms with Crippen LogP contribution < -0.4 is 0 Å². The maximum atomic E-state index is 5.01. The van der Waals surface area contributed by atoms with Gasteiger partial charge < -0.3 is 0 Å². The zero-order valence-corrected chi connectivity index (χ0v) is 9.34. The van der Waals surface area contributed by atoms with E-state index >= 15 is 0 Å². The molecule has 0 saturated heterocycles. The number of hydrogen-bond acceptors (Lipinski definition) is 2. The van der Waals surface area contributed by atoms with Crippen molar-refractivity contribution in [3.63, 3.8) is 0 Å². The molecular weight excluding hydrogens is 164 g/mol. The fraction of sp³-hybridized carbons (Fsp3) is 1.00. The standard InChI is InChI=1S/C11H24O2/c1-4-7-11(8-5-2)9-10-13-12-6-3/h11H,4-10H2,1-3H3. The Labute approximate surface area is 82.5 Å². The number of rotatable bonds is 9. The molecule has 0 amide bonds. The topological polar surface area (TPSA) is 18.5 Å². The van der Waals surface area contributed by atoms with Crippen LogP contribution in [0.25, 0.3) is 0 Å². The highest BCUT2D eigenvalue weighted by atomic mass is 17.2. The minimum absolute atomic E-state index is 0.645. The molecule has 2 heteroatoms. The monoisotopic (exact) mass is 188 g/mol. The van der Waals surface area contributed by atoms with Crippen LogP contribution in [0.4, 0.5) is 0 Å². The summed E-state index contributed by atoms with van der Waals surface area (Å²) in [4.78, 5) is 9.85. The van der Waals surface area contributed by atoms with Crippen LogP contribution in [0.2, 0.25) is 0 Å². The molecule has 0 saturated carbocycles. The molecule has 0 heterocycles. The highest BCUT2D eigenvalue weighted by Crippen LogP contribution is 2.17. The Kier molecular flexibility index (Phi) is 9.94. The molecule has 0 aromatic rings. The summed E-state index contributed by atoms with van der Waals surface area (Å²) in [7, 11) is 0. The molecule has 13 heavy (non-hydrogen) atoms.